The van der Waals surface area contributed by atoms with Crippen LogP contribution in [0.25, 0.3) is 28.2 Å². The van der Waals surface area contributed by atoms with Crippen LogP contribution in [0.1, 0.15) is 29.2 Å². The summed E-state index contributed by atoms with van der Waals surface area (Å²) in [6, 6.07) is 10.2. The lowest BCUT2D eigenvalue weighted by Gasteiger charge is -2.12. The van der Waals surface area contributed by atoms with Crippen molar-refractivity contribution in [2.75, 3.05) is 5.73 Å². The number of rotatable bonds is 2. The van der Waals surface area contributed by atoms with Crippen molar-refractivity contribution in [2.45, 2.75) is 25.1 Å². The zero-order chi connectivity index (χ0) is 21.0. The molecule has 0 spiro atoms. The maximum absolute atomic E-state index is 13.2. The van der Waals surface area contributed by atoms with E-state index in [0.717, 1.165) is 41.9 Å². The summed E-state index contributed by atoms with van der Waals surface area (Å²) in [6.07, 6.45) is -0.447. The fourth-order valence-electron chi connectivity index (χ4n) is 3.93. The Hall–Kier alpha value is -3.46. The second kappa shape index (κ2) is 6.53. The van der Waals surface area contributed by atoms with Gasteiger partial charge in [0.1, 0.15) is 11.3 Å². The molecule has 30 heavy (non-hydrogen) atoms. The molecule has 5 rings (SSSR count). The van der Waals surface area contributed by atoms with Crippen LogP contribution >= 0.6 is 0 Å². The highest BCUT2D eigenvalue weighted by Crippen LogP contribution is 2.36. The largest absolute Gasteiger partial charge is 0.417 e. The molecule has 0 fully saturated rings. The van der Waals surface area contributed by atoms with E-state index in [9.17, 15) is 13.2 Å². The van der Waals surface area contributed by atoms with Gasteiger partial charge in [-0.2, -0.15) is 13.2 Å². The van der Waals surface area contributed by atoms with E-state index in [-0.39, 0.29) is 17.4 Å². The molecule has 0 saturated carbocycles. The topological polar surface area (TPSA) is 95.6 Å². The maximum atomic E-state index is 13.2. The van der Waals surface area contributed by atoms with Gasteiger partial charge in [-0.25, -0.2) is 15.0 Å². The Balaban J connectivity index is 1.79. The van der Waals surface area contributed by atoms with Crippen molar-refractivity contribution < 1.29 is 13.2 Å². The third kappa shape index (κ3) is 2.89. The summed E-state index contributed by atoms with van der Waals surface area (Å²) >= 11 is 0. The van der Waals surface area contributed by atoms with Crippen LogP contribution in [0.2, 0.25) is 0 Å². The minimum Gasteiger partial charge on any atom is -0.383 e. The van der Waals surface area contributed by atoms with Crippen molar-refractivity contribution in [1.82, 2.24) is 19.5 Å². The van der Waals surface area contributed by atoms with Crippen LogP contribution in [0.3, 0.4) is 0 Å². The summed E-state index contributed by atoms with van der Waals surface area (Å²) in [5.74, 6) is 0.609. The Morgan fingerprint density at radius 1 is 1.10 bits per heavy atom. The van der Waals surface area contributed by atoms with Crippen LogP contribution in [-0.4, -0.2) is 19.5 Å². The molecule has 4 aromatic rings. The number of aryl methyl sites for hydroxylation is 1. The fourth-order valence-corrected chi connectivity index (χ4v) is 3.93. The van der Waals surface area contributed by atoms with Gasteiger partial charge in [-0.15, -0.1) is 0 Å². The smallest absolute Gasteiger partial charge is 0.383 e. The number of nitrogens with two attached hydrogens (primary N) is 2. The van der Waals surface area contributed by atoms with Gasteiger partial charge in [0.05, 0.1) is 11.1 Å². The zero-order valence-corrected chi connectivity index (χ0v) is 15.7. The van der Waals surface area contributed by atoms with Crippen LogP contribution in [0.4, 0.5) is 19.0 Å². The van der Waals surface area contributed by atoms with Crippen molar-refractivity contribution in [1.29, 1.82) is 0 Å². The summed E-state index contributed by atoms with van der Waals surface area (Å²) in [5.41, 5.74) is 15.2. The molecule has 1 aliphatic rings. The number of halogens is 3. The molecule has 0 saturated heterocycles. The Morgan fingerprint density at radius 3 is 2.70 bits per heavy atom. The normalized spacial score (nSPS) is 16.2. The maximum Gasteiger partial charge on any atom is 0.417 e. The molecule has 1 aromatic carbocycles. The lowest BCUT2D eigenvalue weighted by Crippen LogP contribution is -2.07. The van der Waals surface area contributed by atoms with E-state index in [1.807, 2.05) is 18.2 Å². The van der Waals surface area contributed by atoms with Crippen LogP contribution < -0.4 is 11.5 Å². The first kappa shape index (κ1) is 18.6. The monoisotopic (exact) mass is 410 g/mol. The number of aromatic nitrogens is 4. The van der Waals surface area contributed by atoms with Gasteiger partial charge >= 0.3 is 6.18 Å². The molecule has 6 nitrogen and oxygen atoms in total. The van der Waals surface area contributed by atoms with E-state index in [1.165, 1.54) is 0 Å². The molecule has 1 atom stereocenters. The third-order valence-corrected chi connectivity index (χ3v) is 5.41. The van der Waals surface area contributed by atoms with Gasteiger partial charge in [0.25, 0.3) is 0 Å². The lowest BCUT2D eigenvalue weighted by molar-refractivity contribution is -0.137. The molecular formula is C21H17F3N6. The fraction of sp³-hybridized carbons (Fsp3) is 0.190. The minimum absolute atomic E-state index is 0.00510. The number of imidazole rings is 1. The van der Waals surface area contributed by atoms with Gasteiger partial charge in [0.15, 0.2) is 11.5 Å². The quantitative estimate of drug-likeness (QED) is 0.520. The molecule has 0 radical (unpaired) electrons. The van der Waals surface area contributed by atoms with E-state index < -0.39 is 11.7 Å². The predicted octanol–water partition coefficient (Wildman–Crippen LogP) is 4.03. The number of fused-ring (bicyclic) bond motifs is 2. The summed E-state index contributed by atoms with van der Waals surface area (Å²) in [4.78, 5) is 12.7. The summed E-state index contributed by atoms with van der Waals surface area (Å²) in [6.45, 7) is 0. The minimum atomic E-state index is -4.51. The molecule has 3 aromatic heterocycles. The van der Waals surface area contributed by atoms with Crippen molar-refractivity contribution in [3.63, 3.8) is 0 Å². The van der Waals surface area contributed by atoms with Gasteiger partial charge in [0, 0.05) is 24.1 Å². The SMILES string of the molecule is Nc1ncccc1-c1nc2cc(C(F)(F)F)cnc2n1-c1ccc2c(c1)CC[C@@H]2N. The van der Waals surface area contributed by atoms with Gasteiger partial charge < -0.3 is 11.5 Å². The van der Waals surface area contributed by atoms with Crippen LogP contribution in [-0.2, 0) is 12.6 Å². The van der Waals surface area contributed by atoms with Crippen molar-refractivity contribution in [3.8, 4) is 17.1 Å². The molecule has 0 amide bonds. The highest BCUT2D eigenvalue weighted by Gasteiger charge is 2.32. The molecule has 0 aliphatic heterocycles. The predicted molar refractivity (Wildman–Crippen MR) is 107 cm³/mol. The zero-order valence-electron chi connectivity index (χ0n) is 15.7. The Labute approximate surface area is 169 Å². The van der Waals surface area contributed by atoms with E-state index in [0.29, 0.717) is 17.0 Å². The molecule has 1 aliphatic carbocycles. The highest BCUT2D eigenvalue weighted by atomic mass is 19.4. The van der Waals surface area contributed by atoms with E-state index in [4.69, 9.17) is 11.5 Å². The number of alkyl halides is 3. The highest BCUT2D eigenvalue weighted by molar-refractivity contribution is 5.83. The standard InChI is InChI=1S/C21H17F3N6/c22-21(23,24)12-9-17-20(28-10-12)30(19(29-17)15-2-1-7-27-18(15)26)13-4-5-14-11(8-13)3-6-16(14)25/h1-2,4-5,7-10,16H,3,6,25H2,(H2,26,27)/t16-/m0/s1. The number of hydrogen-bond donors (Lipinski definition) is 2. The molecule has 152 valence electrons. The Bertz CT molecular complexity index is 1280. The van der Waals surface area contributed by atoms with Crippen LogP contribution in [0, 0.1) is 0 Å². The first-order valence-corrected chi connectivity index (χ1v) is 9.38. The first-order chi connectivity index (χ1) is 14.3. The number of nitrogen functional groups attached to an aromatic ring is 1. The average molecular weight is 410 g/mol. The third-order valence-electron chi connectivity index (χ3n) is 5.41. The molecule has 0 bridgehead atoms. The average Bonchev–Trinajstić information content (AvgIpc) is 3.27. The van der Waals surface area contributed by atoms with Crippen molar-refractivity contribution >= 4 is 17.0 Å². The number of pyridine rings is 2. The van der Waals surface area contributed by atoms with Gasteiger partial charge in [0.2, 0.25) is 0 Å². The first-order valence-electron chi connectivity index (χ1n) is 9.38. The molecule has 9 heteroatoms. The van der Waals surface area contributed by atoms with Crippen LogP contribution in [0.5, 0.6) is 0 Å². The number of benzene rings is 1. The van der Waals surface area contributed by atoms with Crippen molar-refractivity contribution in [3.05, 3.63) is 65.5 Å². The van der Waals surface area contributed by atoms with E-state index in [1.54, 1.807) is 22.9 Å². The number of hydrogen-bond acceptors (Lipinski definition) is 5. The van der Waals surface area contributed by atoms with Crippen LogP contribution in [0.15, 0.2) is 48.8 Å². The second-order valence-electron chi connectivity index (χ2n) is 7.30. The second-order valence-corrected chi connectivity index (χ2v) is 7.30. The molecular weight excluding hydrogens is 393 g/mol. The Morgan fingerprint density at radius 2 is 1.93 bits per heavy atom. The van der Waals surface area contributed by atoms with Gasteiger partial charge in [-0.05, 0) is 54.3 Å². The van der Waals surface area contributed by atoms with Gasteiger partial charge in [-0.1, -0.05) is 6.07 Å². The summed E-state index contributed by atoms with van der Waals surface area (Å²) in [7, 11) is 0. The van der Waals surface area contributed by atoms with Crippen molar-refractivity contribution in [2.24, 2.45) is 5.73 Å². The van der Waals surface area contributed by atoms with E-state index in [2.05, 4.69) is 15.0 Å². The lowest BCUT2D eigenvalue weighted by atomic mass is 10.1. The van der Waals surface area contributed by atoms with E-state index >= 15 is 0 Å². The van der Waals surface area contributed by atoms with Gasteiger partial charge in [-0.3, -0.25) is 4.57 Å². The Kier molecular flexibility index (Phi) is 4.04. The molecule has 4 N–H and O–H groups in total. The number of nitrogens with zero attached hydrogens (tertiary/aromatic N) is 4. The molecule has 0 unspecified atom stereocenters. The molecule has 3 heterocycles. The number of anilines is 1. The summed E-state index contributed by atoms with van der Waals surface area (Å²) < 4.78 is 41.3. The summed E-state index contributed by atoms with van der Waals surface area (Å²) in [5, 5.41) is 0.